The molecule has 1 aromatic carbocycles. The van der Waals surface area contributed by atoms with Gasteiger partial charge < -0.3 is 9.84 Å². The quantitative estimate of drug-likeness (QED) is 0.680. The molecule has 0 unspecified atom stereocenters. The maximum Gasteiger partial charge on any atom is 0.115 e. The lowest BCUT2D eigenvalue weighted by Crippen LogP contribution is -2.29. The predicted molar refractivity (Wildman–Crippen MR) is 53.3 cm³/mol. The van der Waals surface area contributed by atoms with Gasteiger partial charge >= 0.3 is 0 Å². The fraction of sp³-hybridized carbons (Fsp3) is 0.500. The Labute approximate surface area is 83.5 Å². The Morgan fingerprint density at radius 2 is 2.36 bits per heavy atom. The fourth-order valence-electron chi connectivity index (χ4n) is 2.77. The Morgan fingerprint density at radius 3 is 3.21 bits per heavy atom. The molecule has 1 N–H and O–H groups in total. The second-order valence-electron chi connectivity index (χ2n) is 4.55. The van der Waals surface area contributed by atoms with E-state index >= 15 is 0 Å². The van der Waals surface area contributed by atoms with Gasteiger partial charge in [-0.15, -0.1) is 0 Å². The van der Waals surface area contributed by atoms with Crippen LogP contribution < -0.4 is 0 Å². The van der Waals surface area contributed by atoms with E-state index in [4.69, 9.17) is 4.74 Å². The SMILES string of the molecule is C[C@]12CC[C@H](Cc3cc(O)ccc31)O2. The van der Waals surface area contributed by atoms with Crippen LogP contribution in [0.2, 0.25) is 0 Å². The van der Waals surface area contributed by atoms with Crippen molar-refractivity contribution in [1.29, 1.82) is 0 Å². The van der Waals surface area contributed by atoms with Crippen molar-refractivity contribution in [3.05, 3.63) is 29.3 Å². The van der Waals surface area contributed by atoms with E-state index in [-0.39, 0.29) is 5.60 Å². The third-order valence-electron chi connectivity index (χ3n) is 3.48. The Morgan fingerprint density at radius 1 is 1.50 bits per heavy atom. The average Bonchev–Trinajstić information content (AvgIpc) is 2.43. The second kappa shape index (κ2) is 2.51. The van der Waals surface area contributed by atoms with Crippen molar-refractivity contribution < 1.29 is 9.84 Å². The highest BCUT2D eigenvalue weighted by atomic mass is 16.5. The summed E-state index contributed by atoms with van der Waals surface area (Å²) in [5, 5.41) is 9.42. The van der Waals surface area contributed by atoms with Crippen molar-refractivity contribution in [2.24, 2.45) is 0 Å². The molecule has 0 amide bonds. The summed E-state index contributed by atoms with van der Waals surface area (Å²) in [7, 11) is 0. The van der Waals surface area contributed by atoms with Crippen LogP contribution in [0.3, 0.4) is 0 Å². The van der Waals surface area contributed by atoms with Gasteiger partial charge in [-0.1, -0.05) is 6.07 Å². The van der Waals surface area contributed by atoms with E-state index in [2.05, 4.69) is 6.92 Å². The number of aromatic hydroxyl groups is 1. The van der Waals surface area contributed by atoms with E-state index in [9.17, 15) is 5.11 Å². The Bertz CT molecular complexity index is 386. The summed E-state index contributed by atoms with van der Waals surface area (Å²) >= 11 is 0. The van der Waals surface area contributed by atoms with Gasteiger partial charge in [-0.05, 0) is 49.4 Å². The lowest BCUT2D eigenvalue weighted by Gasteiger charge is -2.32. The lowest BCUT2D eigenvalue weighted by atomic mass is 9.89. The van der Waals surface area contributed by atoms with Crippen molar-refractivity contribution in [2.75, 3.05) is 0 Å². The van der Waals surface area contributed by atoms with Gasteiger partial charge in [-0.2, -0.15) is 0 Å². The predicted octanol–water partition coefficient (Wildman–Crippen LogP) is 2.34. The molecule has 2 bridgehead atoms. The molecule has 3 rings (SSSR count). The topological polar surface area (TPSA) is 29.5 Å². The highest BCUT2D eigenvalue weighted by Crippen LogP contribution is 2.46. The molecule has 2 aliphatic rings. The van der Waals surface area contributed by atoms with Gasteiger partial charge in [0.1, 0.15) is 5.75 Å². The van der Waals surface area contributed by atoms with Crippen LogP contribution in [0.4, 0.5) is 0 Å². The van der Waals surface area contributed by atoms with E-state index in [1.807, 2.05) is 12.1 Å². The van der Waals surface area contributed by atoms with Crippen LogP contribution in [0.1, 0.15) is 30.9 Å². The number of ether oxygens (including phenoxy) is 1. The van der Waals surface area contributed by atoms with E-state index in [0.29, 0.717) is 11.9 Å². The van der Waals surface area contributed by atoms with Crippen LogP contribution >= 0.6 is 0 Å². The van der Waals surface area contributed by atoms with Crippen molar-refractivity contribution in [1.82, 2.24) is 0 Å². The molecule has 0 aliphatic carbocycles. The third-order valence-corrected chi connectivity index (χ3v) is 3.48. The van der Waals surface area contributed by atoms with Gasteiger partial charge in [-0.3, -0.25) is 0 Å². The van der Waals surface area contributed by atoms with Gasteiger partial charge in [-0.25, -0.2) is 0 Å². The summed E-state index contributed by atoms with van der Waals surface area (Å²) in [6, 6.07) is 5.65. The minimum Gasteiger partial charge on any atom is -0.508 e. The molecule has 0 aromatic heterocycles. The van der Waals surface area contributed by atoms with E-state index < -0.39 is 0 Å². The molecule has 2 heterocycles. The smallest absolute Gasteiger partial charge is 0.115 e. The molecule has 0 spiro atoms. The number of rotatable bonds is 0. The third kappa shape index (κ3) is 1.01. The number of fused-ring (bicyclic) bond motifs is 4. The molecule has 1 saturated heterocycles. The Balaban J connectivity index is 2.18. The number of hydrogen-bond donors (Lipinski definition) is 1. The molecule has 2 heteroatoms. The number of phenols is 1. The fourth-order valence-corrected chi connectivity index (χ4v) is 2.77. The van der Waals surface area contributed by atoms with E-state index in [1.165, 1.54) is 11.1 Å². The largest absolute Gasteiger partial charge is 0.508 e. The summed E-state index contributed by atoms with van der Waals surface area (Å²) in [5.74, 6) is 0.369. The average molecular weight is 190 g/mol. The van der Waals surface area contributed by atoms with Crippen LogP contribution in [-0.2, 0) is 16.8 Å². The summed E-state index contributed by atoms with van der Waals surface area (Å²) in [6.45, 7) is 2.15. The summed E-state index contributed by atoms with van der Waals surface area (Å²) in [6.07, 6.45) is 3.58. The molecular formula is C12H14O2. The van der Waals surface area contributed by atoms with Crippen molar-refractivity contribution in [2.45, 2.75) is 37.9 Å². The van der Waals surface area contributed by atoms with Crippen LogP contribution in [0.5, 0.6) is 5.75 Å². The second-order valence-corrected chi connectivity index (χ2v) is 4.55. The van der Waals surface area contributed by atoms with Crippen LogP contribution in [-0.4, -0.2) is 11.2 Å². The normalized spacial score (nSPS) is 34.2. The standard InChI is InChI=1S/C12H14O2/c1-12-5-4-10(14-12)7-8-6-9(13)2-3-11(8)12/h2-3,6,10,13H,4-5,7H2,1H3/t10-,12+/m1/s1. The first-order valence-electron chi connectivity index (χ1n) is 5.18. The zero-order chi connectivity index (χ0) is 9.76. The number of phenolic OH excluding ortho intramolecular Hbond substituents is 1. The monoisotopic (exact) mass is 190 g/mol. The van der Waals surface area contributed by atoms with Gasteiger partial charge in [0.25, 0.3) is 0 Å². The van der Waals surface area contributed by atoms with Crippen LogP contribution in [0.15, 0.2) is 18.2 Å². The summed E-state index contributed by atoms with van der Waals surface area (Å²) in [4.78, 5) is 0. The lowest BCUT2D eigenvalue weighted by molar-refractivity contribution is -0.0438. The molecule has 2 atom stereocenters. The molecule has 1 aromatic rings. The summed E-state index contributed by atoms with van der Waals surface area (Å²) < 4.78 is 5.97. The Hall–Kier alpha value is -1.02. The van der Waals surface area contributed by atoms with Gasteiger partial charge in [0.2, 0.25) is 0 Å². The van der Waals surface area contributed by atoms with Crippen LogP contribution in [0, 0.1) is 0 Å². The first-order chi connectivity index (χ1) is 6.67. The molecule has 0 radical (unpaired) electrons. The highest BCUT2D eigenvalue weighted by Gasteiger charge is 2.42. The maximum atomic E-state index is 9.42. The van der Waals surface area contributed by atoms with Gasteiger partial charge in [0.05, 0.1) is 11.7 Å². The molecule has 1 fully saturated rings. The first-order valence-corrected chi connectivity index (χ1v) is 5.18. The minimum absolute atomic E-state index is 0.0913. The molecule has 2 nitrogen and oxygen atoms in total. The molecule has 74 valence electrons. The van der Waals surface area contributed by atoms with E-state index in [1.54, 1.807) is 6.07 Å². The van der Waals surface area contributed by atoms with Crippen molar-refractivity contribution in [3.63, 3.8) is 0 Å². The minimum atomic E-state index is -0.0913. The van der Waals surface area contributed by atoms with E-state index in [0.717, 1.165) is 19.3 Å². The summed E-state index contributed by atoms with van der Waals surface area (Å²) in [5.41, 5.74) is 2.44. The molecule has 14 heavy (non-hydrogen) atoms. The first kappa shape index (κ1) is 8.30. The van der Waals surface area contributed by atoms with Crippen molar-refractivity contribution in [3.8, 4) is 5.75 Å². The molecular weight excluding hydrogens is 176 g/mol. The van der Waals surface area contributed by atoms with Crippen LogP contribution in [0.25, 0.3) is 0 Å². The zero-order valence-electron chi connectivity index (χ0n) is 8.29. The molecule has 2 aliphatic heterocycles. The number of benzene rings is 1. The number of hydrogen-bond acceptors (Lipinski definition) is 2. The zero-order valence-corrected chi connectivity index (χ0v) is 8.29. The Kier molecular flexibility index (Phi) is 1.49. The molecule has 0 saturated carbocycles. The van der Waals surface area contributed by atoms with Gasteiger partial charge in [0.15, 0.2) is 0 Å². The van der Waals surface area contributed by atoms with Gasteiger partial charge in [0, 0.05) is 0 Å². The highest BCUT2D eigenvalue weighted by molar-refractivity contribution is 5.41. The van der Waals surface area contributed by atoms with Crippen molar-refractivity contribution >= 4 is 0 Å². The maximum absolute atomic E-state index is 9.42.